The maximum Gasteiger partial charge on any atom is 0.270 e. The van der Waals surface area contributed by atoms with Crippen LogP contribution in [0.5, 0.6) is 0 Å². The number of ketones is 1. The molecule has 0 spiro atoms. The van der Waals surface area contributed by atoms with E-state index < -0.39 is 4.92 Å². The first-order valence-electron chi connectivity index (χ1n) is 6.84. The summed E-state index contributed by atoms with van der Waals surface area (Å²) in [6, 6.07) is 5.56. The lowest BCUT2D eigenvalue weighted by molar-refractivity contribution is -0.384. The highest BCUT2D eigenvalue weighted by atomic mass is 32.2. The zero-order valence-corrected chi connectivity index (χ0v) is 14.1. The number of non-ortho nitro benzene ring substituents is 1. The SMILES string of the molecule is Cc1csc2nc(SCC(=O)c3cccc([N+](=O)[O-])c3)[nH]c(=O)c12. The minimum absolute atomic E-state index is 0.0277. The molecule has 0 aliphatic heterocycles. The van der Waals surface area contributed by atoms with Crippen molar-refractivity contribution in [1.82, 2.24) is 9.97 Å². The normalized spacial score (nSPS) is 10.9. The van der Waals surface area contributed by atoms with E-state index in [1.54, 1.807) is 0 Å². The Labute approximate surface area is 143 Å². The highest BCUT2D eigenvalue weighted by Crippen LogP contribution is 2.23. The molecule has 0 fully saturated rings. The van der Waals surface area contributed by atoms with E-state index in [2.05, 4.69) is 9.97 Å². The Kier molecular flexibility index (Phi) is 4.45. The number of rotatable bonds is 5. The number of nitro groups is 1. The second kappa shape index (κ2) is 6.54. The quantitative estimate of drug-likeness (QED) is 0.246. The van der Waals surface area contributed by atoms with Crippen LogP contribution in [-0.2, 0) is 0 Å². The molecule has 0 atom stereocenters. The number of carbonyl (C=O) groups is 1. The number of aromatic amines is 1. The van der Waals surface area contributed by atoms with Crippen LogP contribution < -0.4 is 5.56 Å². The number of aromatic nitrogens is 2. The highest BCUT2D eigenvalue weighted by molar-refractivity contribution is 7.99. The van der Waals surface area contributed by atoms with E-state index in [9.17, 15) is 19.7 Å². The molecule has 1 N–H and O–H groups in total. The second-order valence-corrected chi connectivity index (χ2v) is 6.81. The molecule has 3 rings (SSSR count). The van der Waals surface area contributed by atoms with E-state index in [1.807, 2.05) is 12.3 Å². The summed E-state index contributed by atoms with van der Waals surface area (Å²) in [5.41, 5.74) is 0.761. The van der Waals surface area contributed by atoms with Crippen LogP contribution in [0.3, 0.4) is 0 Å². The number of nitrogens with zero attached hydrogens (tertiary/aromatic N) is 2. The Balaban J connectivity index is 1.78. The zero-order valence-electron chi connectivity index (χ0n) is 12.4. The number of hydrogen-bond acceptors (Lipinski definition) is 7. The number of benzene rings is 1. The summed E-state index contributed by atoms with van der Waals surface area (Å²) in [7, 11) is 0. The number of thiophene rings is 1. The Bertz CT molecular complexity index is 1010. The molecule has 7 nitrogen and oxygen atoms in total. The molecule has 0 unspecified atom stereocenters. The molecule has 24 heavy (non-hydrogen) atoms. The Morgan fingerprint density at radius 3 is 3.00 bits per heavy atom. The summed E-state index contributed by atoms with van der Waals surface area (Å²) >= 11 is 2.47. The Hall–Kier alpha value is -2.52. The molecule has 1 aromatic carbocycles. The van der Waals surface area contributed by atoms with E-state index in [0.29, 0.717) is 15.4 Å². The van der Waals surface area contributed by atoms with Gasteiger partial charge >= 0.3 is 0 Å². The first-order valence-corrected chi connectivity index (χ1v) is 8.71. The summed E-state index contributed by atoms with van der Waals surface area (Å²) in [6.45, 7) is 1.84. The monoisotopic (exact) mass is 361 g/mol. The van der Waals surface area contributed by atoms with E-state index in [0.717, 1.165) is 17.3 Å². The number of aryl methyl sites for hydroxylation is 1. The molecule has 0 amide bonds. The van der Waals surface area contributed by atoms with Crippen LogP contribution in [0.2, 0.25) is 0 Å². The third-order valence-corrected chi connectivity index (χ3v) is 5.19. The van der Waals surface area contributed by atoms with Gasteiger partial charge in [-0.3, -0.25) is 19.7 Å². The lowest BCUT2D eigenvalue weighted by Crippen LogP contribution is -2.10. The number of nitro benzene ring substituents is 1. The number of Topliss-reactive ketones (excluding diaryl/α,β-unsaturated/α-hetero) is 1. The van der Waals surface area contributed by atoms with Crippen molar-refractivity contribution in [3.63, 3.8) is 0 Å². The highest BCUT2D eigenvalue weighted by Gasteiger charge is 2.14. The molecule has 9 heteroatoms. The van der Waals surface area contributed by atoms with Gasteiger partial charge in [0, 0.05) is 17.7 Å². The van der Waals surface area contributed by atoms with Gasteiger partial charge in [0.05, 0.1) is 16.1 Å². The zero-order chi connectivity index (χ0) is 17.3. The molecule has 0 radical (unpaired) electrons. The van der Waals surface area contributed by atoms with Gasteiger partial charge in [0.15, 0.2) is 10.9 Å². The summed E-state index contributed by atoms with van der Waals surface area (Å²) in [5.74, 6) is -0.242. The molecule has 122 valence electrons. The molecular weight excluding hydrogens is 350 g/mol. The van der Waals surface area contributed by atoms with Gasteiger partial charge in [0.25, 0.3) is 11.2 Å². The topological polar surface area (TPSA) is 106 Å². The largest absolute Gasteiger partial charge is 0.301 e. The number of hydrogen-bond donors (Lipinski definition) is 1. The summed E-state index contributed by atoms with van der Waals surface area (Å²) in [5, 5.41) is 13.5. The van der Waals surface area contributed by atoms with Crippen molar-refractivity contribution in [3.05, 3.63) is 61.2 Å². The number of H-pyrrole nitrogens is 1. The molecule has 3 aromatic rings. The third kappa shape index (κ3) is 3.22. The fourth-order valence-corrected chi connectivity index (χ4v) is 3.88. The summed E-state index contributed by atoms with van der Waals surface area (Å²) < 4.78 is 0. The van der Waals surface area contributed by atoms with Gasteiger partial charge in [-0.1, -0.05) is 23.9 Å². The molecular formula is C15H11N3O4S2. The van der Waals surface area contributed by atoms with Gasteiger partial charge < -0.3 is 4.98 Å². The fraction of sp³-hybridized carbons (Fsp3) is 0.133. The first kappa shape index (κ1) is 16.3. The number of nitrogens with one attached hydrogen (secondary N) is 1. The number of fused-ring (bicyclic) bond motifs is 1. The average molecular weight is 361 g/mol. The van der Waals surface area contributed by atoms with Crippen molar-refractivity contribution in [2.24, 2.45) is 0 Å². The smallest absolute Gasteiger partial charge is 0.270 e. The van der Waals surface area contributed by atoms with Crippen LogP contribution in [0.1, 0.15) is 15.9 Å². The van der Waals surface area contributed by atoms with Crippen molar-refractivity contribution >= 4 is 44.8 Å². The minimum Gasteiger partial charge on any atom is -0.301 e. The molecule has 0 bridgehead atoms. The van der Waals surface area contributed by atoms with Crippen LogP contribution in [-0.4, -0.2) is 26.4 Å². The molecule has 0 aliphatic carbocycles. The molecule has 2 heterocycles. The van der Waals surface area contributed by atoms with E-state index >= 15 is 0 Å². The molecule has 0 saturated carbocycles. The first-order chi connectivity index (χ1) is 11.5. The molecule has 0 aliphatic rings. The summed E-state index contributed by atoms with van der Waals surface area (Å²) in [4.78, 5) is 42.1. The fourth-order valence-electron chi connectivity index (χ4n) is 2.15. The molecule has 2 aromatic heterocycles. The summed E-state index contributed by atoms with van der Waals surface area (Å²) in [6.07, 6.45) is 0. The molecule has 0 saturated heterocycles. The van der Waals surface area contributed by atoms with E-state index in [-0.39, 0.29) is 28.3 Å². The van der Waals surface area contributed by atoms with Crippen molar-refractivity contribution < 1.29 is 9.72 Å². The maximum atomic E-state index is 12.2. The third-order valence-electron chi connectivity index (χ3n) is 3.33. The van der Waals surface area contributed by atoms with Gasteiger partial charge in [0.2, 0.25) is 0 Å². The lowest BCUT2D eigenvalue weighted by Gasteiger charge is -2.02. The average Bonchev–Trinajstić information content (AvgIpc) is 2.94. The van der Waals surface area contributed by atoms with Crippen LogP contribution >= 0.6 is 23.1 Å². The van der Waals surface area contributed by atoms with Gasteiger partial charge in [-0.25, -0.2) is 4.98 Å². The van der Waals surface area contributed by atoms with Crippen LogP contribution in [0.25, 0.3) is 10.2 Å². The Morgan fingerprint density at radius 1 is 1.46 bits per heavy atom. The standard InChI is InChI=1S/C15H11N3O4S2/c1-8-6-23-14-12(8)13(20)16-15(17-14)24-7-11(19)9-3-2-4-10(5-9)18(21)22/h2-6H,7H2,1H3,(H,16,17,20). The van der Waals surface area contributed by atoms with E-state index in [4.69, 9.17) is 0 Å². The lowest BCUT2D eigenvalue weighted by atomic mass is 10.1. The maximum absolute atomic E-state index is 12.2. The van der Waals surface area contributed by atoms with Crippen molar-refractivity contribution in [1.29, 1.82) is 0 Å². The number of carbonyl (C=O) groups excluding carboxylic acids is 1. The van der Waals surface area contributed by atoms with Gasteiger partial charge in [-0.2, -0.15) is 0 Å². The van der Waals surface area contributed by atoms with Crippen LogP contribution in [0, 0.1) is 17.0 Å². The van der Waals surface area contributed by atoms with Crippen molar-refractivity contribution in [3.8, 4) is 0 Å². The van der Waals surface area contributed by atoms with Crippen LogP contribution in [0.4, 0.5) is 5.69 Å². The predicted octanol–water partition coefficient (Wildman–Crippen LogP) is 3.18. The van der Waals surface area contributed by atoms with Crippen LogP contribution in [0.15, 0.2) is 39.6 Å². The second-order valence-electron chi connectivity index (χ2n) is 4.99. The number of thioether (sulfide) groups is 1. The van der Waals surface area contributed by atoms with Gasteiger partial charge in [-0.05, 0) is 17.9 Å². The van der Waals surface area contributed by atoms with E-state index in [1.165, 1.54) is 35.6 Å². The van der Waals surface area contributed by atoms with Gasteiger partial charge in [0.1, 0.15) is 4.83 Å². The minimum atomic E-state index is -0.546. The van der Waals surface area contributed by atoms with Gasteiger partial charge in [-0.15, -0.1) is 11.3 Å². The van der Waals surface area contributed by atoms with Crippen molar-refractivity contribution in [2.45, 2.75) is 12.1 Å². The predicted molar refractivity (Wildman–Crippen MR) is 93.1 cm³/mol. The Morgan fingerprint density at radius 2 is 2.25 bits per heavy atom. The van der Waals surface area contributed by atoms with Crippen molar-refractivity contribution in [2.75, 3.05) is 5.75 Å².